The number of methoxy groups -OCH3 is 1. The molecule has 1 heterocycles. The zero-order valence-corrected chi connectivity index (χ0v) is 15.7. The Morgan fingerprint density at radius 1 is 1.29 bits per heavy atom. The second-order valence-corrected chi connectivity index (χ2v) is 7.12. The Labute approximate surface area is 157 Å². The van der Waals surface area contributed by atoms with Gasteiger partial charge in [-0.2, -0.15) is 0 Å². The quantitative estimate of drug-likeness (QED) is 0.707. The number of halogens is 2. The van der Waals surface area contributed by atoms with Crippen molar-refractivity contribution in [1.29, 1.82) is 0 Å². The minimum atomic E-state index is -0.183. The largest absolute Gasteiger partial charge is 0.496 e. The summed E-state index contributed by atoms with van der Waals surface area (Å²) in [7, 11) is 1.61. The lowest BCUT2D eigenvalue weighted by molar-refractivity contribution is -0.115. The van der Waals surface area contributed by atoms with Crippen molar-refractivity contribution in [2.45, 2.75) is 0 Å². The minimum absolute atomic E-state index is 0.183. The molecule has 4 nitrogen and oxygen atoms in total. The van der Waals surface area contributed by atoms with Gasteiger partial charge in [-0.25, -0.2) is 4.99 Å². The Bertz CT molecular complexity index is 867. The van der Waals surface area contributed by atoms with Gasteiger partial charge in [-0.3, -0.25) is 4.79 Å². The summed E-state index contributed by atoms with van der Waals surface area (Å²) in [6.45, 7) is 0. The fraction of sp³-hybridized carbons (Fsp3) is 0.0588. The number of ether oxygens (including phenoxy) is 1. The lowest BCUT2D eigenvalue weighted by Crippen LogP contribution is -2.19. The van der Waals surface area contributed by atoms with Crippen molar-refractivity contribution in [1.82, 2.24) is 5.32 Å². The first-order valence-electron chi connectivity index (χ1n) is 6.94. The molecule has 0 radical (unpaired) electrons. The number of benzene rings is 2. The molecule has 122 valence electrons. The van der Waals surface area contributed by atoms with Crippen LogP contribution in [0.4, 0.5) is 5.69 Å². The van der Waals surface area contributed by atoms with Crippen LogP contribution >= 0.6 is 39.3 Å². The van der Waals surface area contributed by atoms with Gasteiger partial charge >= 0.3 is 0 Å². The highest BCUT2D eigenvalue weighted by atomic mass is 79.9. The molecule has 0 aliphatic carbocycles. The third-order valence-corrected chi connectivity index (χ3v) is 5.05. The number of hydrogen-bond donors (Lipinski definition) is 1. The van der Waals surface area contributed by atoms with E-state index in [1.165, 1.54) is 11.8 Å². The fourth-order valence-electron chi connectivity index (χ4n) is 2.06. The average molecular weight is 424 g/mol. The third kappa shape index (κ3) is 3.83. The molecular weight excluding hydrogens is 412 g/mol. The maximum Gasteiger partial charge on any atom is 0.264 e. The van der Waals surface area contributed by atoms with Crippen LogP contribution in [-0.2, 0) is 4.79 Å². The molecule has 0 aromatic heterocycles. The van der Waals surface area contributed by atoms with E-state index in [2.05, 4.69) is 26.2 Å². The second kappa shape index (κ2) is 7.42. The molecule has 1 aliphatic heterocycles. The molecular formula is C17H12BrClN2O2S. The number of carbonyl (C=O) groups excluding carboxylic acids is 1. The number of carbonyl (C=O) groups is 1. The van der Waals surface area contributed by atoms with Crippen LogP contribution in [0.2, 0.25) is 5.02 Å². The van der Waals surface area contributed by atoms with E-state index in [-0.39, 0.29) is 5.91 Å². The molecule has 0 atom stereocenters. The summed E-state index contributed by atoms with van der Waals surface area (Å²) in [5, 5.41) is 3.79. The van der Waals surface area contributed by atoms with E-state index in [0.717, 1.165) is 15.8 Å². The minimum Gasteiger partial charge on any atom is -0.496 e. The van der Waals surface area contributed by atoms with Crippen molar-refractivity contribution in [3.8, 4) is 5.75 Å². The summed E-state index contributed by atoms with van der Waals surface area (Å²) >= 11 is 10.8. The molecule has 1 amide bonds. The smallest absolute Gasteiger partial charge is 0.264 e. The zero-order chi connectivity index (χ0) is 17.1. The predicted octanol–water partition coefficient (Wildman–Crippen LogP) is 5.00. The van der Waals surface area contributed by atoms with Crippen molar-refractivity contribution in [3.05, 3.63) is 62.4 Å². The Morgan fingerprint density at radius 2 is 2.08 bits per heavy atom. The van der Waals surface area contributed by atoms with E-state index < -0.39 is 0 Å². The number of nitrogens with one attached hydrogen (secondary N) is 1. The lowest BCUT2D eigenvalue weighted by atomic mass is 10.2. The summed E-state index contributed by atoms with van der Waals surface area (Å²) < 4.78 is 6.03. The van der Waals surface area contributed by atoms with E-state index >= 15 is 0 Å². The second-order valence-electron chi connectivity index (χ2n) is 4.83. The molecule has 1 aliphatic rings. The average Bonchev–Trinajstić information content (AvgIpc) is 2.89. The predicted molar refractivity (Wildman–Crippen MR) is 103 cm³/mol. The van der Waals surface area contributed by atoms with Crippen LogP contribution in [0.25, 0.3) is 6.08 Å². The number of amides is 1. The molecule has 2 aromatic rings. The van der Waals surface area contributed by atoms with Crippen LogP contribution in [0, 0.1) is 0 Å². The van der Waals surface area contributed by atoms with Crippen LogP contribution in [0.1, 0.15) is 5.56 Å². The zero-order valence-electron chi connectivity index (χ0n) is 12.5. The fourth-order valence-corrected chi connectivity index (χ4v) is 3.63. The van der Waals surface area contributed by atoms with Gasteiger partial charge in [0.25, 0.3) is 5.91 Å². The Kier molecular flexibility index (Phi) is 5.28. The topological polar surface area (TPSA) is 50.7 Å². The number of hydrogen-bond acceptors (Lipinski definition) is 4. The van der Waals surface area contributed by atoms with Crippen LogP contribution < -0.4 is 10.1 Å². The molecule has 1 N–H and O–H groups in total. The molecule has 0 bridgehead atoms. The van der Waals surface area contributed by atoms with Crippen molar-refractivity contribution in [3.63, 3.8) is 0 Å². The van der Waals surface area contributed by atoms with Crippen LogP contribution in [0.15, 0.2) is 56.8 Å². The molecule has 1 saturated heterocycles. The van der Waals surface area contributed by atoms with Gasteiger partial charge in [-0.15, -0.1) is 0 Å². The Morgan fingerprint density at radius 3 is 2.79 bits per heavy atom. The summed E-state index contributed by atoms with van der Waals surface area (Å²) in [4.78, 5) is 17.1. The van der Waals surface area contributed by atoms with Gasteiger partial charge in [-0.05, 0) is 63.6 Å². The van der Waals surface area contributed by atoms with Gasteiger partial charge in [0.05, 0.1) is 27.2 Å². The molecule has 0 unspecified atom stereocenters. The number of amidine groups is 1. The molecule has 2 aromatic carbocycles. The summed E-state index contributed by atoms with van der Waals surface area (Å²) in [6.07, 6.45) is 1.80. The molecule has 7 heteroatoms. The number of thioether (sulfide) groups is 1. The van der Waals surface area contributed by atoms with Crippen molar-refractivity contribution in [2.75, 3.05) is 7.11 Å². The van der Waals surface area contributed by atoms with E-state index in [0.29, 0.717) is 20.8 Å². The highest BCUT2D eigenvalue weighted by Gasteiger charge is 2.24. The van der Waals surface area contributed by atoms with Gasteiger partial charge in [0, 0.05) is 0 Å². The molecule has 0 saturated carbocycles. The summed E-state index contributed by atoms with van der Waals surface area (Å²) in [5.74, 6) is 0.555. The van der Waals surface area contributed by atoms with Gasteiger partial charge < -0.3 is 10.1 Å². The van der Waals surface area contributed by atoms with Gasteiger partial charge in [0.2, 0.25) is 0 Å². The van der Waals surface area contributed by atoms with E-state index in [9.17, 15) is 4.79 Å². The van der Waals surface area contributed by atoms with Gasteiger partial charge in [0.15, 0.2) is 5.17 Å². The molecule has 24 heavy (non-hydrogen) atoms. The summed E-state index contributed by atoms with van der Waals surface area (Å²) in [5.41, 5.74) is 1.51. The van der Waals surface area contributed by atoms with Crippen molar-refractivity contribution >= 4 is 62.1 Å². The standard InChI is InChI=1S/C17H12BrClN2O2S/c1-23-14-7-6-10(8-11(14)18)9-15-16(22)21-17(24-15)20-13-5-3-2-4-12(13)19/h2-9H,1H3,(H,20,21,22)/b15-9+. The van der Waals surface area contributed by atoms with E-state index in [1.807, 2.05) is 30.3 Å². The number of aliphatic imine (C=N–C) groups is 1. The van der Waals surface area contributed by atoms with Crippen LogP contribution in [-0.4, -0.2) is 18.2 Å². The van der Waals surface area contributed by atoms with Gasteiger partial charge in [0.1, 0.15) is 5.75 Å². The first-order chi connectivity index (χ1) is 11.6. The van der Waals surface area contributed by atoms with Crippen molar-refractivity contribution < 1.29 is 9.53 Å². The third-order valence-electron chi connectivity index (χ3n) is 3.20. The van der Waals surface area contributed by atoms with Crippen molar-refractivity contribution in [2.24, 2.45) is 4.99 Å². The first kappa shape index (κ1) is 17.1. The highest BCUT2D eigenvalue weighted by Crippen LogP contribution is 2.32. The van der Waals surface area contributed by atoms with E-state index in [4.69, 9.17) is 16.3 Å². The monoisotopic (exact) mass is 422 g/mol. The molecule has 0 spiro atoms. The molecule has 1 fully saturated rings. The summed E-state index contributed by atoms with van der Waals surface area (Å²) in [6, 6.07) is 12.8. The lowest BCUT2D eigenvalue weighted by Gasteiger charge is -2.03. The first-order valence-corrected chi connectivity index (χ1v) is 8.93. The molecule has 3 rings (SSSR count). The maximum atomic E-state index is 12.1. The Balaban J connectivity index is 1.85. The SMILES string of the molecule is COc1ccc(/C=C2/SC(=Nc3ccccc3Cl)NC2=O)cc1Br. The van der Waals surface area contributed by atoms with Crippen LogP contribution in [0.5, 0.6) is 5.75 Å². The number of rotatable bonds is 3. The van der Waals surface area contributed by atoms with Gasteiger partial charge in [-0.1, -0.05) is 29.8 Å². The number of nitrogens with zero attached hydrogens (tertiary/aromatic N) is 1. The van der Waals surface area contributed by atoms with Crippen LogP contribution in [0.3, 0.4) is 0 Å². The highest BCUT2D eigenvalue weighted by molar-refractivity contribution is 9.10. The normalized spacial score (nSPS) is 17.4. The number of para-hydroxylation sites is 1. The van der Waals surface area contributed by atoms with E-state index in [1.54, 1.807) is 25.3 Å². The Hall–Kier alpha value is -1.76. The maximum absolute atomic E-state index is 12.1.